The lowest BCUT2D eigenvalue weighted by Crippen LogP contribution is -2.26. The van der Waals surface area contributed by atoms with Gasteiger partial charge in [-0.1, -0.05) is 37.7 Å². The first-order valence-corrected chi connectivity index (χ1v) is 9.89. The fraction of sp³-hybridized carbons (Fsp3) is 0.238. The molecule has 6 nitrogen and oxygen atoms in total. The molecule has 0 spiro atoms. The maximum absolute atomic E-state index is 12.9. The third-order valence-corrected chi connectivity index (χ3v) is 4.98. The van der Waals surface area contributed by atoms with Crippen molar-refractivity contribution in [1.29, 1.82) is 5.26 Å². The van der Waals surface area contributed by atoms with E-state index in [1.54, 1.807) is 41.0 Å². The van der Waals surface area contributed by atoms with Gasteiger partial charge >= 0.3 is 0 Å². The summed E-state index contributed by atoms with van der Waals surface area (Å²) in [5.41, 5.74) is 1.69. The lowest BCUT2D eigenvalue weighted by atomic mass is 10.2. The van der Waals surface area contributed by atoms with E-state index in [1.807, 2.05) is 32.0 Å². The molecule has 7 heteroatoms. The molecule has 1 aromatic heterocycles. The molecule has 2 aromatic carbocycles. The molecule has 3 rings (SSSR count). The zero-order valence-corrected chi connectivity index (χ0v) is 16.5. The van der Waals surface area contributed by atoms with Gasteiger partial charge in [0.25, 0.3) is 5.56 Å². The maximum Gasteiger partial charge on any atom is 0.262 e. The number of fused-ring (bicyclic) bond motifs is 1. The van der Waals surface area contributed by atoms with Crippen molar-refractivity contribution < 1.29 is 4.79 Å². The van der Waals surface area contributed by atoms with Crippen molar-refractivity contribution in [2.24, 2.45) is 5.92 Å². The Kier molecular flexibility index (Phi) is 6.12. The van der Waals surface area contributed by atoms with Crippen molar-refractivity contribution >= 4 is 34.3 Å². The molecule has 3 aromatic rings. The van der Waals surface area contributed by atoms with Crippen molar-refractivity contribution in [1.82, 2.24) is 9.55 Å². The third kappa shape index (κ3) is 4.59. The number of para-hydroxylation sites is 1. The van der Waals surface area contributed by atoms with E-state index in [2.05, 4.69) is 10.3 Å². The second-order valence-corrected chi connectivity index (χ2v) is 7.69. The molecule has 142 valence electrons. The number of thioether (sulfide) groups is 1. The van der Waals surface area contributed by atoms with E-state index >= 15 is 0 Å². The molecular weight excluding hydrogens is 372 g/mol. The van der Waals surface area contributed by atoms with Crippen molar-refractivity contribution in [2.75, 3.05) is 11.1 Å². The van der Waals surface area contributed by atoms with Gasteiger partial charge in [0.15, 0.2) is 5.16 Å². The van der Waals surface area contributed by atoms with Crippen LogP contribution in [0.15, 0.2) is 58.5 Å². The average Bonchev–Trinajstić information content (AvgIpc) is 2.69. The van der Waals surface area contributed by atoms with Gasteiger partial charge in [-0.05, 0) is 42.3 Å². The van der Waals surface area contributed by atoms with Gasteiger partial charge in [0.2, 0.25) is 5.91 Å². The molecule has 28 heavy (non-hydrogen) atoms. The van der Waals surface area contributed by atoms with E-state index in [0.29, 0.717) is 33.9 Å². The van der Waals surface area contributed by atoms with E-state index in [4.69, 9.17) is 5.26 Å². The van der Waals surface area contributed by atoms with Gasteiger partial charge in [-0.3, -0.25) is 14.2 Å². The second-order valence-electron chi connectivity index (χ2n) is 6.75. The molecule has 1 heterocycles. The Bertz CT molecular complexity index is 1100. The molecule has 0 fully saturated rings. The molecule has 0 saturated heterocycles. The predicted octanol–water partition coefficient (Wildman–Crippen LogP) is 3.65. The highest BCUT2D eigenvalue weighted by Gasteiger charge is 2.14. The van der Waals surface area contributed by atoms with Crippen LogP contribution in [-0.4, -0.2) is 21.2 Å². The van der Waals surface area contributed by atoms with E-state index in [9.17, 15) is 9.59 Å². The van der Waals surface area contributed by atoms with E-state index in [0.717, 1.165) is 0 Å². The fourth-order valence-electron chi connectivity index (χ4n) is 2.74. The summed E-state index contributed by atoms with van der Waals surface area (Å²) in [5.74, 6) is 0.198. The number of nitrogens with one attached hydrogen (secondary N) is 1. The SMILES string of the molecule is CC(C)Cn1c(SCC(=O)Nc2ccc(C#N)cc2)nc2ccccc2c1=O. The Morgan fingerprint density at radius 2 is 1.93 bits per heavy atom. The lowest BCUT2D eigenvalue weighted by Gasteiger charge is -2.14. The predicted molar refractivity (Wildman–Crippen MR) is 111 cm³/mol. The molecule has 0 atom stereocenters. The van der Waals surface area contributed by atoms with E-state index in [-0.39, 0.29) is 23.1 Å². The summed E-state index contributed by atoms with van der Waals surface area (Å²) in [4.78, 5) is 29.8. The molecule has 1 amide bonds. The van der Waals surface area contributed by atoms with Crippen LogP contribution in [0.5, 0.6) is 0 Å². The van der Waals surface area contributed by atoms with Crippen LogP contribution in [0.3, 0.4) is 0 Å². The highest BCUT2D eigenvalue weighted by Crippen LogP contribution is 2.19. The highest BCUT2D eigenvalue weighted by molar-refractivity contribution is 7.99. The quantitative estimate of drug-likeness (QED) is 0.511. The van der Waals surface area contributed by atoms with Crippen LogP contribution >= 0.6 is 11.8 Å². The molecule has 0 saturated carbocycles. The first-order chi connectivity index (χ1) is 13.5. The Morgan fingerprint density at radius 3 is 2.61 bits per heavy atom. The molecule has 0 radical (unpaired) electrons. The number of hydrogen-bond donors (Lipinski definition) is 1. The minimum atomic E-state index is -0.201. The normalized spacial score (nSPS) is 10.8. The van der Waals surface area contributed by atoms with E-state index in [1.165, 1.54) is 11.8 Å². The van der Waals surface area contributed by atoms with Gasteiger partial charge in [-0.2, -0.15) is 5.26 Å². The van der Waals surface area contributed by atoms with Gasteiger partial charge in [0.1, 0.15) is 0 Å². The zero-order valence-electron chi connectivity index (χ0n) is 15.7. The van der Waals surface area contributed by atoms with Crippen molar-refractivity contribution in [2.45, 2.75) is 25.5 Å². The summed E-state index contributed by atoms with van der Waals surface area (Å²) in [6.45, 7) is 4.61. The number of aromatic nitrogens is 2. The lowest BCUT2D eigenvalue weighted by molar-refractivity contribution is -0.113. The first kappa shape index (κ1) is 19.6. The van der Waals surface area contributed by atoms with Crippen LogP contribution in [-0.2, 0) is 11.3 Å². The number of anilines is 1. The Morgan fingerprint density at radius 1 is 1.21 bits per heavy atom. The van der Waals surface area contributed by atoms with Crippen LogP contribution in [0.1, 0.15) is 19.4 Å². The number of carbonyl (C=O) groups excluding carboxylic acids is 1. The second kappa shape index (κ2) is 8.72. The Hall–Kier alpha value is -3.11. The Labute approximate surface area is 167 Å². The third-order valence-electron chi connectivity index (χ3n) is 4.00. The summed E-state index contributed by atoms with van der Waals surface area (Å²) >= 11 is 1.24. The number of rotatable bonds is 6. The molecular formula is C21H20N4O2S. The van der Waals surface area contributed by atoms with Crippen LogP contribution < -0.4 is 10.9 Å². The van der Waals surface area contributed by atoms with Crippen molar-refractivity contribution in [3.63, 3.8) is 0 Å². The summed E-state index contributed by atoms with van der Waals surface area (Å²) in [5, 5.41) is 12.7. The molecule has 0 aliphatic heterocycles. The fourth-order valence-corrected chi connectivity index (χ4v) is 3.55. The van der Waals surface area contributed by atoms with Gasteiger partial charge in [0.05, 0.1) is 28.3 Å². The van der Waals surface area contributed by atoms with Gasteiger partial charge < -0.3 is 5.32 Å². The van der Waals surface area contributed by atoms with Crippen LogP contribution in [0.4, 0.5) is 5.69 Å². The monoisotopic (exact) mass is 392 g/mol. The number of hydrogen-bond acceptors (Lipinski definition) is 5. The summed E-state index contributed by atoms with van der Waals surface area (Å²) < 4.78 is 1.65. The van der Waals surface area contributed by atoms with Crippen LogP contribution in [0.2, 0.25) is 0 Å². The number of nitrogens with zero attached hydrogens (tertiary/aromatic N) is 3. The summed E-state index contributed by atoms with van der Waals surface area (Å²) in [6.07, 6.45) is 0. The molecule has 0 unspecified atom stereocenters. The standard InChI is InChI=1S/C21H20N4O2S/c1-14(2)12-25-20(27)17-5-3-4-6-18(17)24-21(25)28-13-19(26)23-16-9-7-15(11-22)8-10-16/h3-10,14H,12-13H2,1-2H3,(H,23,26). The van der Waals surface area contributed by atoms with Gasteiger partial charge in [-0.15, -0.1) is 0 Å². The topological polar surface area (TPSA) is 87.8 Å². The first-order valence-electron chi connectivity index (χ1n) is 8.90. The summed E-state index contributed by atoms with van der Waals surface area (Å²) in [7, 11) is 0. The van der Waals surface area contributed by atoms with Gasteiger partial charge in [0, 0.05) is 12.2 Å². The van der Waals surface area contributed by atoms with E-state index < -0.39 is 0 Å². The van der Waals surface area contributed by atoms with Crippen molar-refractivity contribution in [3.05, 3.63) is 64.4 Å². The van der Waals surface area contributed by atoms with Crippen LogP contribution in [0.25, 0.3) is 10.9 Å². The number of amides is 1. The number of nitriles is 1. The minimum Gasteiger partial charge on any atom is -0.325 e. The maximum atomic E-state index is 12.9. The van der Waals surface area contributed by atoms with Crippen LogP contribution in [0, 0.1) is 17.2 Å². The smallest absolute Gasteiger partial charge is 0.262 e. The Balaban J connectivity index is 1.79. The van der Waals surface area contributed by atoms with Crippen molar-refractivity contribution in [3.8, 4) is 6.07 Å². The molecule has 0 bridgehead atoms. The minimum absolute atomic E-state index is 0.0886. The number of benzene rings is 2. The molecule has 0 aliphatic rings. The largest absolute Gasteiger partial charge is 0.325 e. The average molecular weight is 392 g/mol. The zero-order chi connectivity index (χ0) is 20.1. The highest BCUT2D eigenvalue weighted by atomic mass is 32.2. The summed E-state index contributed by atoms with van der Waals surface area (Å²) in [6, 6.07) is 15.9. The van der Waals surface area contributed by atoms with Gasteiger partial charge in [-0.25, -0.2) is 4.98 Å². The number of carbonyl (C=O) groups is 1. The molecule has 1 N–H and O–H groups in total. The molecule has 0 aliphatic carbocycles.